The Morgan fingerprint density at radius 3 is 2.57 bits per heavy atom. The Balaban J connectivity index is 1.91. The molecule has 0 aliphatic carbocycles. The molecule has 1 aromatic heterocycles. The van der Waals surface area contributed by atoms with Gasteiger partial charge in [-0.05, 0) is 50.9 Å². The second kappa shape index (κ2) is 6.30. The zero-order chi connectivity index (χ0) is 14.8. The molecule has 21 heavy (non-hydrogen) atoms. The summed E-state index contributed by atoms with van der Waals surface area (Å²) in [6.45, 7) is 5.45. The number of benzene rings is 1. The van der Waals surface area contributed by atoms with Gasteiger partial charge in [0.15, 0.2) is 0 Å². The Hall–Kier alpha value is -1.16. The molecular formula is C18H24N2S. The lowest BCUT2D eigenvalue weighted by Crippen LogP contribution is -2.38. The number of likely N-dealkylation sites (tertiary alicyclic amines) is 1. The van der Waals surface area contributed by atoms with Crippen LogP contribution in [0.15, 0.2) is 42.5 Å². The molecule has 0 saturated carbocycles. The summed E-state index contributed by atoms with van der Waals surface area (Å²) < 4.78 is 0. The van der Waals surface area contributed by atoms with Crippen molar-refractivity contribution in [2.75, 3.05) is 6.54 Å². The van der Waals surface area contributed by atoms with Gasteiger partial charge in [0.1, 0.15) is 0 Å². The van der Waals surface area contributed by atoms with Crippen LogP contribution in [0.3, 0.4) is 0 Å². The summed E-state index contributed by atoms with van der Waals surface area (Å²) in [4.78, 5) is 5.39. The standard InChI is InChI=1S/C18H24N2S/c1-13-10-11-17(21-13)18(14(2)19)20-12-6-9-16(20)15-7-4-3-5-8-15/h3-5,7-8,10-11,14,16,18H,6,9,12,19H2,1-2H3. The molecule has 3 heteroatoms. The van der Waals surface area contributed by atoms with Gasteiger partial charge < -0.3 is 5.73 Å². The summed E-state index contributed by atoms with van der Waals surface area (Å²) in [5.74, 6) is 0. The maximum Gasteiger partial charge on any atom is 0.0596 e. The molecule has 2 N–H and O–H groups in total. The molecule has 112 valence electrons. The highest BCUT2D eigenvalue weighted by molar-refractivity contribution is 7.12. The van der Waals surface area contributed by atoms with Crippen molar-refractivity contribution in [1.29, 1.82) is 0 Å². The number of rotatable bonds is 4. The normalized spacial score (nSPS) is 22.3. The van der Waals surface area contributed by atoms with Crippen LogP contribution in [-0.2, 0) is 0 Å². The highest BCUT2D eigenvalue weighted by atomic mass is 32.1. The molecule has 1 aromatic carbocycles. The van der Waals surface area contributed by atoms with Crippen LogP contribution in [0.1, 0.15) is 47.2 Å². The van der Waals surface area contributed by atoms with E-state index in [-0.39, 0.29) is 6.04 Å². The van der Waals surface area contributed by atoms with Gasteiger partial charge in [-0.3, -0.25) is 4.90 Å². The molecule has 0 amide bonds. The van der Waals surface area contributed by atoms with Crippen molar-refractivity contribution in [2.45, 2.75) is 44.8 Å². The van der Waals surface area contributed by atoms with Crippen molar-refractivity contribution in [3.8, 4) is 0 Å². The lowest BCUT2D eigenvalue weighted by Gasteiger charge is -2.35. The number of nitrogens with two attached hydrogens (primary N) is 1. The molecule has 1 fully saturated rings. The van der Waals surface area contributed by atoms with Gasteiger partial charge in [0, 0.05) is 21.8 Å². The van der Waals surface area contributed by atoms with Gasteiger partial charge in [0.2, 0.25) is 0 Å². The van der Waals surface area contributed by atoms with Crippen LogP contribution in [0.25, 0.3) is 0 Å². The van der Waals surface area contributed by atoms with Crippen LogP contribution in [0.5, 0.6) is 0 Å². The predicted molar refractivity (Wildman–Crippen MR) is 90.6 cm³/mol. The number of hydrogen-bond acceptors (Lipinski definition) is 3. The Morgan fingerprint density at radius 1 is 1.19 bits per heavy atom. The molecule has 1 aliphatic heterocycles. The van der Waals surface area contributed by atoms with Gasteiger partial charge in [-0.2, -0.15) is 0 Å². The molecule has 3 unspecified atom stereocenters. The Kier molecular flexibility index (Phi) is 4.43. The first-order chi connectivity index (χ1) is 10.2. The average Bonchev–Trinajstić information content (AvgIpc) is 3.10. The predicted octanol–water partition coefficient (Wildman–Crippen LogP) is 4.28. The van der Waals surface area contributed by atoms with E-state index < -0.39 is 0 Å². The lowest BCUT2D eigenvalue weighted by atomic mass is 10.0. The number of hydrogen-bond donors (Lipinski definition) is 1. The minimum absolute atomic E-state index is 0.146. The van der Waals surface area contributed by atoms with E-state index in [0.717, 1.165) is 6.54 Å². The van der Waals surface area contributed by atoms with Crippen molar-refractivity contribution in [1.82, 2.24) is 4.90 Å². The summed E-state index contributed by atoms with van der Waals surface area (Å²) >= 11 is 1.89. The van der Waals surface area contributed by atoms with E-state index in [4.69, 9.17) is 5.73 Å². The highest BCUT2D eigenvalue weighted by Gasteiger charge is 2.34. The summed E-state index contributed by atoms with van der Waals surface area (Å²) in [5, 5.41) is 0. The molecule has 3 rings (SSSR count). The second-order valence-electron chi connectivity index (χ2n) is 6.06. The molecule has 1 saturated heterocycles. The van der Waals surface area contributed by atoms with Gasteiger partial charge in [0.25, 0.3) is 0 Å². The summed E-state index contributed by atoms with van der Waals surface area (Å²) in [5.41, 5.74) is 7.79. The van der Waals surface area contributed by atoms with E-state index in [1.54, 1.807) is 0 Å². The number of thiophene rings is 1. The number of nitrogens with zero attached hydrogens (tertiary/aromatic N) is 1. The van der Waals surface area contributed by atoms with Crippen LogP contribution in [0, 0.1) is 6.92 Å². The fraction of sp³-hybridized carbons (Fsp3) is 0.444. The van der Waals surface area contributed by atoms with E-state index in [9.17, 15) is 0 Å². The van der Waals surface area contributed by atoms with E-state index in [1.165, 1.54) is 28.2 Å². The van der Waals surface area contributed by atoms with Crippen LogP contribution in [0.4, 0.5) is 0 Å². The highest BCUT2D eigenvalue weighted by Crippen LogP contribution is 2.41. The first-order valence-corrected chi connectivity index (χ1v) is 8.61. The minimum atomic E-state index is 0.146. The lowest BCUT2D eigenvalue weighted by molar-refractivity contribution is 0.164. The van der Waals surface area contributed by atoms with Gasteiger partial charge in [-0.15, -0.1) is 11.3 Å². The fourth-order valence-corrected chi connectivity index (χ4v) is 4.61. The van der Waals surface area contributed by atoms with Crippen LogP contribution < -0.4 is 5.73 Å². The molecule has 0 bridgehead atoms. The summed E-state index contributed by atoms with van der Waals surface area (Å²) in [6.07, 6.45) is 2.49. The Labute approximate surface area is 131 Å². The molecule has 0 radical (unpaired) electrons. The molecule has 2 nitrogen and oxygen atoms in total. The second-order valence-corrected chi connectivity index (χ2v) is 7.38. The molecule has 1 aliphatic rings. The monoisotopic (exact) mass is 300 g/mol. The maximum absolute atomic E-state index is 6.36. The van der Waals surface area contributed by atoms with E-state index in [1.807, 2.05) is 11.3 Å². The maximum atomic E-state index is 6.36. The molecular weight excluding hydrogens is 276 g/mol. The van der Waals surface area contributed by atoms with Crippen molar-refractivity contribution >= 4 is 11.3 Å². The molecule has 2 aromatic rings. The molecule has 0 spiro atoms. The summed E-state index contributed by atoms with van der Waals surface area (Å²) in [6, 6.07) is 16.3. The van der Waals surface area contributed by atoms with E-state index in [2.05, 4.69) is 61.2 Å². The Morgan fingerprint density at radius 2 is 1.95 bits per heavy atom. The first-order valence-electron chi connectivity index (χ1n) is 7.79. The van der Waals surface area contributed by atoms with E-state index in [0.29, 0.717) is 12.1 Å². The molecule has 3 atom stereocenters. The first kappa shape index (κ1) is 14.8. The third kappa shape index (κ3) is 3.05. The smallest absolute Gasteiger partial charge is 0.0596 e. The zero-order valence-electron chi connectivity index (χ0n) is 12.8. The third-order valence-electron chi connectivity index (χ3n) is 4.39. The van der Waals surface area contributed by atoms with Crippen molar-refractivity contribution in [3.63, 3.8) is 0 Å². The van der Waals surface area contributed by atoms with Gasteiger partial charge in [-0.1, -0.05) is 30.3 Å². The quantitative estimate of drug-likeness (QED) is 0.913. The van der Waals surface area contributed by atoms with E-state index >= 15 is 0 Å². The topological polar surface area (TPSA) is 29.3 Å². The van der Waals surface area contributed by atoms with Gasteiger partial charge >= 0.3 is 0 Å². The zero-order valence-corrected chi connectivity index (χ0v) is 13.6. The van der Waals surface area contributed by atoms with Crippen molar-refractivity contribution in [3.05, 3.63) is 57.8 Å². The van der Waals surface area contributed by atoms with Crippen LogP contribution in [-0.4, -0.2) is 17.5 Å². The van der Waals surface area contributed by atoms with Crippen LogP contribution >= 0.6 is 11.3 Å². The number of aryl methyl sites for hydroxylation is 1. The van der Waals surface area contributed by atoms with Crippen molar-refractivity contribution in [2.24, 2.45) is 5.73 Å². The summed E-state index contributed by atoms with van der Waals surface area (Å²) in [7, 11) is 0. The van der Waals surface area contributed by atoms with Crippen molar-refractivity contribution < 1.29 is 0 Å². The third-order valence-corrected chi connectivity index (χ3v) is 5.46. The van der Waals surface area contributed by atoms with Crippen LogP contribution in [0.2, 0.25) is 0 Å². The average molecular weight is 300 g/mol. The van der Waals surface area contributed by atoms with Gasteiger partial charge in [0.05, 0.1) is 6.04 Å². The Bertz CT molecular complexity index is 576. The molecule has 2 heterocycles. The largest absolute Gasteiger partial charge is 0.326 e. The van der Waals surface area contributed by atoms with Gasteiger partial charge in [-0.25, -0.2) is 0 Å². The fourth-order valence-electron chi connectivity index (χ4n) is 3.49. The minimum Gasteiger partial charge on any atom is -0.326 e. The SMILES string of the molecule is Cc1ccc(C(C(C)N)N2CCCC2c2ccccc2)s1.